The van der Waals surface area contributed by atoms with Gasteiger partial charge in [-0.3, -0.25) is 4.79 Å². The summed E-state index contributed by atoms with van der Waals surface area (Å²) in [6, 6.07) is 15.4. The fourth-order valence-electron chi connectivity index (χ4n) is 2.68. The zero-order chi connectivity index (χ0) is 22.6. The summed E-state index contributed by atoms with van der Waals surface area (Å²) in [5, 5.41) is 3.74. The van der Waals surface area contributed by atoms with Gasteiger partial charge in [0.15, 0.2) is 0 Å². The van der Waals surface area contributed by atoms with E-state index in [9.17, 15) is 13.2 Å². The van der Waals surface area contributed by atoms with E-state index in [1.165, 1.54) is 43.5 Å². The highest BCUT2D eigenvalue weighted by atomic mass is 35.5. The van der Waals surface area contributed by atoms with E-state index in [2.05, 4.69) is 10.0 Å². The number of anilines is 1. The van der Waals surface area contributed by atoms with Crippen LogP contribution in [-0.4, -0.2) is 21.4 Å². The molecule has 0 saturated carbocycles. The van der Waals surface area contributed by atoms with Crippen LogP contribution in [0.4, 0.5) is 5.69 Å². The van der Waals surface area contributed by atoms with Crippen molar-refractivity contribution in [3.63, 3.8) is 0 Å². The predicted octanol–water partition coefficient (Wildman–Crippen LogP) is 5.39. The maximum atomic E-state index is 12.7. The van der Waals surface area contributed by atoms with Crippen molar-refractivity contribution in [2.75, 3.05) is 12.4 Å². The van der Waals surface area contributed by atoms with Crippen LogP contribution in [0.3, 0.4) is 0 Å². The third kappa shape index (κ3) is 5.90. The fraction of sp³-hybridized carbons (Fsp3) is 0.0952. The van der Waals surface area contributed by atoms with Crippen molar-refractivity contribution in [1.82, 2.24) is 4.72 Å². The predicted molar refractivity (Wildman–Crippen MR) is 123 cm³/mol. The first kappa shape index (κ1) is 23.4. The average Bonchev–Trinajstić information content (AvgIpc) is 2.73. The van der Waals surface area contributed by atoms with Gasteiger partial charge in [0.25, 0.3) is 5.91 Å². The van der Waals surface area contributed by atoms with Gasteiger partial charge in [-0.05, 0) is 54.1 Å². The molecule has 0 aromatic heterocycles. The molecule has 2 N–H and O–H groups in total. The van der Waals surface area contributed by atoms with Gasteiger partial charge in [-0.25, -0.2) is 13.1 Å². The summed E-state index contributed by atoms with van der Waals surface area (Å²) in [6.07, 6.45) is 0. The highest BCUT2D eigenvalue weighted by molar-refractivity contribution is 7.89. The van der Waals surface area contributed by atoms with E-state index in [-0.39, 0.29) is 33.5 Å². The molecule has 0 unspecified atom stereocenters. The molecule has 0 bridgehead atoms. The number of hydrogen-bond acceptors (Lipinski definition) is 4. The van der Waals surface area contributed by atoms with Crippen LogP contribution in [0.2, 0.25) is 15.1 Å². The van der Waals surface area contributed by atoms with Crippen LogP contribution in [0, 0.1) is 0 Å². The molecule has 6 nitrogen and oxygen atoms in total. The summed E-state index contributed by atoms with van der Waals surface area (Å²) in [7, 11) is -2.45. The molecule has 31 heavy (non-hydrogen) atoms. The van der Waals surface area contributed by atoms with Gasteiger partial charge in [0.2, 0.25) is 10.0 Å². The van der Waals surface area contributed by atoms with Gasteiger partial charge in [-0.2, -0.15) is 0 Å². The molecule has 0 saturated heterocycles. The number of carbonyl (C=O) groups excluding carboxylic acids is 1. The Balaban J connectivity index is 1.83. The first-order valence-electron chi connectivity index (χ1n) is 8.88. The molecule has 1 amide bonds. The quantitative estimate of drug-likeness (QED) is 0.457. The maximum absolute atomic E-state index is 12.7. The molecule has 0 radical (unpaired) electrons. The van der Waals surface area contributed by atoms with Crippen molar-refractivity contribution in [1.29, 1.82) is 0 Å². The molecular formula is C21H17Cl3N2O4S. The van der Waals surface area contributed by atoms with Crippen LogP contribution < -0.4 is 14.8 Å². The van der Waals surface area contributed by atoms with Crippen LogP contribution in [0.25, 0.3) is 0 Å². The number of rotatable bonds is 7. The van der Waals surface area contributed by atoms with Crippen LogP contribution in [0.15, 0.2) is 65.6 Å². The monoisotopic (exact) mass is 498 g/mol. The lowest BCUT2D eigenvalue weighted by molar-refractivity contribution is 0.102. The van der Waals surface area contributed by atoms with Crippen molar-refractivity contribution < 1.29 is 17.9 Å². The second-order valence-corrected chi connectivity index (χ2v) is 9.44. The van der Waals surface area contributed by atoms with E-state index < -0.39 is 15.9 Å². The van der Waals surface area contributed by atoms with Crippen LogP contribution >= 0.6 is 34.8 Å². The normalized spacial score (nSPS) is 11.2. The summed E-state index contributed by atoms with van der Waals surface area (Å²) in [4.78, 5) is 12.6. The number of nitrogens with one attached hydrogen (secondary N) is 2. The first-order chi connectivity index (χ1) is 14.7. The van der Waals surface area contributed by atoms with Gasteiger partial charge in [-0.1, -0.05) is 46.9 Å². The summed E-state index contributed by atoms with van der Waals surface area (Å²) in [6.45, 7) is 0.0770. The smallest absolute Gasteiger partial charge is 0.257 e. The van der Waals surface area contributed by atoms with Gasteiger partial charge in [0.1, 0.15) is 5.75 Å². The van der Waals surface area contributed by atoms with Crippen molar-refractivity contribution in [3.05, 3.63) is 86.9 Å². The first-order valence-corrected chi connectivity index (χ1v) is 11.5. The highest BCUT2D eigenvalue weighted by Gasteiger charge is 2.19. The van der Waals surface area contributed by atoms with E-state index in [1.807, 2.05) is 0 Å². The van der Waals surface area contributed by atoms with E-state index >= 15 is 0 Å². The fourth-order valence-corrected chi connectivity index (χ4v) is 4.34. The molecule has 10 heteroatoms. The Morgan fingerprint density at radius 1 is 0.935 bits per heavy atom. The third-order valence-electron chi connectivity index (χ3n) is 4.28. The molecule has 3 aromatic rings. The Kier molecular flexibility index (Phi) is 7.46. The van der Waals surface area contributed by atoms with Crippen LogP contribution in [-0.2, 0) is 16.6 Å². The molecule has 162 valence electrons. The lowest BCUT2D eigenvalue weighted by Crippen LogP contribution is -2.23. The van der Waals surface area contributed by atoms with Gasteiger partial charge in [0, 0.05) is 16.6 Å². The maximum Gasteiger partial charge on any atom is 0.257 e. The number of ether oxygens (including phenoxy) is 1. The lowest BCUT2D eigenvalue weighted by Gasteiger charge is -2.14. The average molecular weight is 500 g/mol. The molecule has 0 fully saturated rings. The Morgan fingerprint density at radius 2 is 1.61 bits per heavy atom. The molecule has 0 atom stereocenters. The number of methoxy groups -OCH3 is 1. The minimum atomic E-state index is -3.86. The van der Waals surface area contributed by atoms with E-state index in [4.69, 9.17) is 39.5 Å². The molecule has 3 aromatic carbocycles. The SMILES string of the molecule is COc1ccc(S(=O)(=O)NCc2ccc(Cl)cc2)cc1NC(=O)c1ccc(Cl)cc1Cl. The molecule has 0 aliphatic carbocycles. The second-order valence-electron chi connectivity index (χ2n) is 6.39. The Bertz CT molecular complexity index is 1220. The number of carbonyl (C=O) groups is 1. The summed E-state index contributed by atoms with van der Waals surface area (Å²) in [5.74, 6) is -0.251. The highest BCUT2D eigenvalue weighted by Crippen LogP contribution is 2.29. The lowest BCUT2D eigenvalue weighted by atomic mass is 10.2. The van der Waals surface area contributed by atoms with E-state index in [0.29, 0.717) is 10.0 Å². The van der Waals surface area contributed by atoms with E-state index in [0.717, 1.165) is 5.56 Å². The van der Waals surface area contributed by atoms with Crippen molar-refractivity contribution in [3.8, 4) is 5.75 Å². The zero-order valence-electron chi connectivity index (χ0n) is 16.2. The topological polar surface area (TPSA) is 84.5 Å². The summed E-state index contributed by atoms with van der Waals surface area (Å²) < 4.78 is 33.2. The molecular weight excluding hydrogens is 483 g/mol. The summed E-state index contributed by atoms with van der Waals surface area (Å²) >= 11 is 17.8. The minimum Gasteiger partial charge on any atom is -0.495 e. The van der Waals surface area contributed by atoms with Gasteiger partial charge < -0.3 is 10.1 Å². The third-order valence-corrected chi connectivity index (χ3v) is 6.48. The van der Waals surface area contributed by atoms with Gasteiger partial charge in [-0.15, -0.1) is 0 Å². The Labute approximate surface area is 195 Å². The van der Waals surface area contributed by atoms with E-state index in [1.54, 1.807) is 24.3 Å². The van der Waals surface area contributed by atoms with Crippen LogP contribution in [0.5, 0.6) is 5.75 Å². The largest absolute Gasteiger partial charge is 0.495 e. The zero-order valence-corrected chi connectivity index (χ0v) is 19.2. The molecule has 0 aliphatic rings. The van der Waals surface area contributed by atoms with Crippen molar-refractivity contribution in [2.24, 2.45) is 0 Å². The number of benzene rings is 3. The second kappa shape index (κ2) is 9.89. The molecule has 3 rings (SSSR count). The standard InChI is InChI=1S/C21H17Cl3N2O4S/c1-30-20-9-7-16(31(28,29)25-12-13-2-4-14(22)5-3-13)11-19(20)26-21(27)17-8-6-15(23)10-18(17)24/h2-11,25H,12H2,1H3,(H,26,27). The molecule has 0 aliphatic heterocycles. The summed E-state index contributed by atoms with van der Waals surface area (Å²) in [5.41, 5.74) is 1.10. The van der Waals surface area contributed by atoms with Crippen molar-refractivity contribution in [2.45, 2.75) is 11.4 Å². The molecule has 0 heterocycles. The number of halogens is 3. The number of hydrogen-bond donors (Lipinski definition) is 2. The number of amides is 1. The Morgan fingerprint density at radius 3 is 2.26 bits per heavy atom. The van der Waals surface area contributed by atoms with Gasteiger partial charge >= 0.3 is 0 Å². The Hall–Kier alpha value is -2.29. The molecule has 0 spiro atoms. The number of sulfonamides is 1. The van der Waals surface area contributed by atoms with Crippen molar-refractivity contribution >= 4 is 56.4 Å². The minimum absolute atomic E-state index is 0.0419. The van der Waals surface area contributed by atoms with Crippen LogP contribution in [0.1, 0.15) is 15.9 Å². The van der Waals surface area contributed by atoms with Gasteiger partial charge in [0.05, 0.1) is 28.3 Å².